The Morgan fingerprint density at radius 1 is 1.24 bits per heavy atom. The van der Waals surface area contributed by atoms with Crippen LogP contribution in [-0.4, -0.2) is 28.7 Å². The van der Waals surface area contributed by atoms with Crippen LogP contribution in [0.15, 0.2) is 42.6 Å². The molecular weight excluding hydrogens is 322 g/mol. The van der Waals surface area contributed by atoms with Crippen LogP contribution >= 0.6 is 0 Å². The van der Waals surface area contributed by atoms with E-state index < -0.39 is 12.0 Å². The Morgan fingerprint density at radius 2 is 2.08 bits per heavy atom. The Labute approximate surface area is 146 Å². The Bertz CT molecular complexity index is 734. The molecule has 25 heavy (non-hydrogen) atoms. The van der Waals surface area contributed by atoms with Crippen LogP contribution in [0.3, 0.4) is 0 Å². The van der Waals surface area contributed by atoms with E-state index in [9.17, 15) is 14.7 Å². The van der Waals surface area contributed by atoms with E-state index in [-0.39, 0.29) is 18.0 Å². The van der Waals surface area contributed by atoms with E-state index >= 15 is 0 Å². The number of unbranched alkanes of at least 4 members (excludes halogenated alkanes) is 1. The summed E-state index contributed by atoms with van der Waals surface area (Å²) in [6, 6.07) is 9.95. The third-order valence-corrected chi connectivity index (χ3v) is 3.35. The summed E-state index contributed by atoms with van der Waals surface area (Å²) in [6.45, 7) is 2.70. The van der Waals surface area contributed by atoms with Crippen LogP contribution in [0.2, 0.25) is 0 Å². The van der Waals surface area contributed by atoms with Gasteiger partial charge in [0.1, 0.15) is 5.75 Å². The van der Waals surface area contributed by atoms with Crippen LogP contribution in [-0.2, 0) is 11.3 Å². The van der Waals surface area contributed by atoms with Gasteiger partial charge in [-0.05, 0) is 36.2 Å². The summed E-state index contributed by atoms with van der Waals surface area (Å²) in [5, 5.41) is 15.0. The van der Waals surface area contributed by atoms with Gasteiger partial charge in [-0.3, -0.25) is 4.79 Å². The second-order valence-corrected chi connectivity index (χ2v) is 5.37. The molecule has 0 atom stereocenters. The predicted octanol–water partition coefficient (Wildman–Crippen LogP) is 3.07. The molecule has 0 aliphatic rings. The maximum atomic E-state index is 12.1. The van der Waals surface area contributed by atoms with Crippen LogP contribution in [0, 0.1) is 0 Å². The molecule has 0 fully saturated rings. The van der Waals surface area contributed by atoms with Crippen LogP contribution in [0.4, 0.5) is 10.5 Å². The van der Waals surface area contributed by atoms with Crippen molar-refractivity contribution in [3.63, 3.8) is 0 Å². The molecule has 0 unspecified atom stereocenters. The second kappa shape index (κ2) is 9.27. The fourth-order valence-electron chi connectivity index (χ4n) is 2.06. The Kier molecular flexibility index (Phi) is 6.76. The van der Waals surface area contributed by atoms with E-state index in [1.807, 2.05) is 13.0 Å². The summed E-state index contributed by atoms with van der Waals surface area (Å²) in [5.41, 5.74) is 1.29. The molecule has 132 valence electrons. The van der Waals surface area contributed by atoms with Gasteiger partial charge >= 0.3 is 6.09 Å². The number of carbonyl (C=O) groups excluding carboxylic acids is 2. The number of amides is 2. The van der Waals surface area contributed by atoms with Crippen molar-refractivity contribution in [2.45, 2.75) is 26.3 Å². The maximum absolute atomic E-state index is 12.1. The molecule has 0 saturated carbocycles. The van der Waals surface area contributed by atoms with Gasteiger partial charge in [0, 0.05) is 18.4 Å². The number of anilines is 1. The normalized spacial score (nSPS) is 10.1. The zero-order chi connectivity index (χ0) is 18.1. The number of hydrogen-bond acceptors (Lipinski definition) is 5. The molecule has 7 nitrogen and oxygen atoms in total. The van der Waals surface area contributed by atoms with Crippen LogP contribution in [0.1, 0.15) is 35.8 Å². The quantitative estimate of drug-likeness (QED) is 0.671. The number of nitrogens with zero attached hydrogens (tertiary/aromatic N) is 1. The van der Waals surface area contributed by atoms with E-state index in [4.69, 9.17) is 4.74 Å². The van der Waals surface area contributed by atoms with Gasteiger partial charge in [0.25, 0.3) is 5.91 Å². The van der Waals surface area contributed by atoms with E-state index in [0.29, 0.717) is 12.3 Å². The average molecular weight is 343 g/mol. The summed E-state index contributed by atoms with van der Waals surface area (Å²) in [4.78, 5) is 27.5. The molecule has 7 heteroatoms. The molecule has 2 aromatic rings. The van der Waals surface area contributed by atoms with Gasteiger partial charge < -0.3 is 20.5 Å². The van der Waals surface area contributed by atoms with Crippen LogP contribution in [0.5, 0.6) is 5.75 Å². The van der Waals surface area contributed by atoms with Gasteiger partial charge in [-0.25, -0.2) is 9.78 Å². The number of pyridine rings is 1. The third kappa shape index (κ3) is 5.80. The minimum absolute atomic E-state index is 0.0504. The first-order valence-corrected chi connectivity index (χ1v) is 8.05. The molecule has 1 aromatic heterocycles. The predicted molar refractivity (Wildman–Crippen MR) is 93.4 cm³/mol. The number of nitrogens with one attached hydrogen (secondary N) is 2. The van der Waals surface area contributed by atoms with Gasteiger partial charge in [0.2, 0.25) is 0 Å². The fourth-order valence-corrected chi connectivity index (χ4v) is 2.06. The SMILES string of the molecule is CCCCOC(=O)NCc1cccc(NC(=O)c2ncccc2O)c1. The topological polar surface area (TPSA) is 101 Å². The maximum Gasteiger partial charge on any atom is 0.407 e. The molecule has 0 radical (unpaired) electrons. The smallest absolute Gasteiger partial charge is 0.407 e. The summed E-state index contributed by atoms with van der Waals surface area (Å²) in [7, 11) is 0. The minimum Gasteiger partial charge on any atom is -0.505 e. The van der Waals surface area contributed by atoms with Gasteiger partial charge in [-0.2, -0.15) is 0 Å². The monoisotopic (exact) mass is 343 g/mol. The first-order chi connectivity index (χ1) is 12.1. The molecule has 2 rings (SSSR count). The molecule has 3 N–H and O–H groups in total. The van der Waals surface area contributed by atoms with E-state index in [1.165, 1.54) is 18.3 Å². The van der Waals surface area contributed by atoms with Crippen LogP contribution in [0.25, 0.3) is 0 Å². The van der Waals surface area contributed by atoms with Crippen molar-refractivity contribution in [3.05, 3.63) is 53.9 Å². The molecule has 1 heterocycles. The van der Waals surface area contributed by atoms with Crippen molar-refractivity contribution in [3.8, 4) is 5.75 Å². The largest absolute Gasteiger partial charge is 0.505 e. The highest BCUT2D eigenvalue weighted by molar-refractivity contribution is 6.04. The first kappa shape index (κ1) is 18.3. The number of ether oxygens (including phenoxy) is 1. The number of carbonyl (C=O) groups is 2. The lowest BCUT2D eigenvalue weighted by Gasteiger charge is -2.09. The summed E-state index contributed by atoms with van der Waals surface area (Å²) >= 11 is 0. The molecular formula is C18H21N3O4. The van der Waals surface area contributed by atoms with Gasteiger partial charge in [-0.1, -0.05) is 25.5 Å². The Balaban J connectivity index is 1.91. The summed E-state index contributed by atoms with van der Waals surface area (Å²) in [5.74, 6) is -0.699. The molecule has 0 bridgehead atoms. The Hall–Kier alpha value is -3.09. The molecule has 0 saturated heterocycles. The molecule has 0 spiro atoms. The lowest BCUT2D eigenvalue weighted by Crippen LogP contribution is -2.24. The number of aromatic nitrogens is 1. The summed E-state index contributed by atoms with van der Waals surface area (Å²) in [6.07, 6.45) is 2.75. The van der Waals surface area contributed by atoms with Crippen molar-refractivity contribution in [2.75, 3.05) is 11.9 Å². The number of rotatable bonds is 7. The third-order valence-electron chi connectivity index (χ3n) is 3.35. The van der Waals surface area contributed by atoms with Crippen molar-refractivity contribution in [2.24, 2.45) is 0 Å². The highest BCUT2D eigenvalue weighted by Gasteiger charge is 2.12. The number of hydrogen-bond donors (Lipinski definition) is 3. The first-order valence-electron chi connectivity index (χ1n) is 8.05. The van der Waals surface area contributed by atoms with E-state index in [1.54, 1.807) is 18.2 Å². The molecule has 0 aliphatic carbocycles. The zero-order valence-corrected chi connectivity index (χ0v) is 14.0. The van der Waals surface area contributed by atoms with Crippen molar-refractivity contribution in [1.82, 2.24) is 10.3 Å². The number of alkyl carbamates (subject to hydrolysis) is 1. The molecule has 1 aromatic carbocycles. The second-order valence-electron chi connectivity index (χ2n) is 5.37. The zero-order valence-electron chi connectivity index (χ0n) is 14.0. The highest BCUT2D eigenvalue weighted by Crippen LogP contribution is 2.16. The lowest BCUT2D eigenvalue weighted by atomic mass is 10.2. The summed E-state index contributed by atoms with van der Waals surface area (Å²) < 4.78 is 5.01. The number of benzene rings is 1. The van der Waals surface area contributed by atoms with Gasteiger partial charge in [-0.15, -0.1) is 0 Å². The van der Waals surface area contributed by atoms with E-state index in [0.717, 1.165) is 18.4 Å². The van der Waals surface area contributed by atoms with Crippen molar-refractivity contribution in [1.29, 1.82) is 0 Å². The van der Waals surface area contributed by atoms with Crippen molar-refractivity contribution >= 4 is 17.7 Å². The molecule has 0 aliphatic heterocycles. The average Bonchev–Trinajstić information content (AvgIpc) is 2.61. The van der Waals surface area contributed by atoms with Crippen LogP contribution < -0.4 is 10.6 Å². The minimum atomic E-state index is -0.512. The van der Waals surface area contributed by atoms with E-state index in [2.05, 4.69) is 15.6 Å². The lowest BCUT2D eigenvalue weighted by molar-refractivity contribution is 0.101. The Morgan fingerprint density at radius 3 is 2.84 bits per heavy atom. The van der Waals surface area contributed by atoms with Crippen molar-refractivity contribution < 1.29 is 19.4 Å². The van der Waals surface area contributed by atoms with Gasteiger partial charge in [0.15, 0.2) is 5.69 Å². The fraction of sp³-hybridized carbons (Fsp3) is 0.278. The van der Waals surface area contributed by atoms with Gasteiger partial charge in [0.05, 0.1) is 6.61 Å². The molecule has 2 amide bonds. The number of aromatic hydroxyl groups is 1. The standard InChI is InChI=1S/C18H21N3O4/c1-2-3-10-25-18(24)20-12-13-6-4-7-14(11-13)21-17(23)16-15(22)8-5-9-19-16/h4-9,11,22H,2-3,10,12H2,1H3,(H,20,24)(H,21,23). The highest BCUT2D eigenvalue weighted by atomic mass is 16.5.